The number of hydrogen-bond acceptors (Lipinski definition) is 4. The highest BCUT2D eigenvalue weighted by Gasteiger charge is 2.14. The Morgan fingerprint density at radius 2 is 2.05 bits per heavy atom. The molecule has 7 nitrogen and oxygen atoms in total. The Hall–Kier alpha value is -2.28. The van der Waals surface area contributed by atoms with Crippen LogP contribution in [0.5, 0.6) is 5.75 Å². The smallest absolute Gasteiger partial charge is 0.319 e. The lowest BCUT2D eigenvalue weighted by atomic mass is 10.1. The molecule has 0 radical (unpaired) electrons. The van der Waals surface area contributed by atoms with Crippen LogP contribution in [0, 0.1) is 5.92 Å². The first kappa shape index (κ1) is 16.8. The molecule has 0 spiro atoms. The third-order valence-corrected chi connectivity index (χ3v) is 2.71. The Bertz CT molecular complexity index is 478. The minimum absolute atomic E-state index is 0.0748. The van der Waals surface area contributed by atoms with E-state index in [1.807, 2.05) is 6.92 Å². The molecular weight excluding hydrogens is 276 g/mol. The molecule has 0 aliphatic heterocycles. The highest BCUT2D eigenvalue weighted by Crippen LogP contribution is 2.23. The summed E-state index contributed by atoms with van der Waals surface area (Å²) in [6.07, 6.45) is -0.202. The van der Waals surface area contributed by atoms with Gasteiger partial charge in [-0.15, -0.1) is 0 Å². The fourth-order valence-electron chi connectivity index (χ4n) is 1.70. The van der Waals surface area contributed by atoms with Gasteiger partial charge in [0.25, 0.3) is 0 Å². The first-order valence-corrected chi connectivity index (χ1v) is 6.66. The molecule has 2 amide bonds. The van der Waals surface area contributed by atoms with E-state index in [0.29, 0.717) is 18.0 Å². The summed E-state index contributed by atoms with van der Waals surface area (Å²) < 4.78 is 5.38. The SMILES string of the molecule is CCOc1ccccc1NC(=O)NCC(CO)CC(=O)O. The minimum atomic E-state index is -1.02. The average Bonchev–Trinajstić information content (AvgIpc) is 2.45. The minimum Gasteiger partial charge on any atom is -0.492 e. The maximum absolute atomic E-state index is 11.8. The molecule has 0 heterocycles. The predicted octanol–water partition coefficient (Wildman–Crippen LogP) is 1.29. The van der Waals surface area contributed by atoms with Crippen molar-refractivity contribution in [3.63, 3.8) is 0 Å². The Balaban J connectivity index is 2.52. The van der Waals surface area contributed by atoms with Crippen LogP contribution in [-0.4, -0.2) is 42.0 Å². The molecule has 0 fully saturated rings. The summed E-state index contributed by atoms with van der Waals surface area (Å²) in [5.74, 6) is -0.979. The number of ether oxygens (including phenoxy) is 1. The number of benzene rings is 1. The van der Waals surface area contributed by atoms with Crippen LogP contribution in [0.4, 0.5) is 10.5 Å². The van der Waals surface area contributed by atoms with Crippen LogP contribution in [0.25, 0.3) is 0 Å². The lowest BCUT2D eigenvalue weighted by molar-refractivity contribution is -0.138. The molecule has 116 valence electrons. The predicted molar refractivity (Wildman–Crippen MR) is 77.5 cm³/mol. The van der Waals surface area contributed by atoms with Gasteiger partial charge in [0.15, 0.2) is 0 Å². The van der Waals surface area contributed by atoms with E-state index in [1.54, 1.807) is 24.3 Å². The van der Waals surface area contributed by atoms with E-state index in [0.717, 1.165) is 0 Å². The number of aliphatic hydroxyl groups is 1. The number of urea groups is 1. The topological polar surface area (TPSA) is 108 Å². The monoisotopic (exact) mass is 296 g/mol. The largest absolute Gasteiger partial charge is 0.492 e. The zero-order chi connectivity index (χ0) is 15.7. The molecule has 1 rings (SSSR count). The lowest BCUT2D eigenvalue weighted by Crippen LogP contribution is -2.35. The van der Waals surface area contributed by atoms with Crippen LogP contribution in [0.15, 0.2) is 24.3 Å². The number of nitrogens with one attached hydrogen (secondary N) is 2. The number of carboxylic acids is 1. The molecule has 1 unspecified atom stereocenters. The Kier molecular flexibility index (Phi) is 7.03. The van der Waals surface area contributed by atoms with E-state index in [-0.39, 0.29) is 19.6 Å². The molecule has 0 aromatic heterocycles. The van der Waals surface area contributed by atoms with Gasteiger partial charge in [0.05, 0.1) is 18.7 Å². The Morgan fingerprint density at radius 1 is 1.33 bits per heavy atom. The number of anilines is 1. The summed E-state index contributed by atoms with van der Waals surface area (Å²) >= 11 is 0. The summed E-state index contributed by atoms with van der Waals surface area (Å²) in [5.41, 5.74) is 0.524. The first-order chi connectivity index (χ1) is 10.1. The molecule has 0 saturated heterocycles. The van der Waals surface area contributed by atoms with Crippen molar-refractivity contribution >= 4 is 17.7 Å². The van der Waals surface area contributed by atoms with Gasteiger partial charge in [-0.3, -0.25) is 4.79 Å². The van der Waals surface area contributed by atoms with Crippen molar-refractivity contribution < 1.29 is 24.5 Å². The molecule has 21 heavy (non-hydrogen) atoms. The van der Waals surface area contributed by atoms with Crippen LogP contribution >= 0.6 is 0 Å². The quantitative estimate of drug-likeness (QED) is 0.578. The van der Waals surface area contributed by atoms with Crippen molar-refractivity contribution in [3.05, 3.63) is 24.3 Å². The number of carbonyl (C=O) groups excluding carboxylic acids is 1. The van der Waals surface area contributed by atoms with Crippen LogP contribution in [0.3, 0.4) is 0 Å². The number of rotatable bonds is 8. The van der Waals surface area contributed by atoms with Crippen LogP contribution in [0.1, 0.15) is 13.3 Å². The summed E-state index contributed by atoms with van der Waals surface area (Å²) in [7, 11) is 0. The van der Waals surface area contributed by atoms with Crippen LogP contribution < -0.4 is 15.4 Å². The van der Waals surface area contributed by atoms with E-state index in [2.05, 4.69) is 10.6 Å². The molecule has 0 aliphatic rings. The molecule has 0 aliphatic carbocycles. The van der Waals surface area contributed by atoms with Crippen LogP contribution in [-0.2, 0) is 4.79 Å². The molecular formula is C14H20N2O5. The lowest BCUT2D eigenvalue weighted by Gasteiger charge is -2.15. The molecule has 0 bridgehead atoms. The third kappa shape index (κ3) is 6.13. The van der Waals surface area contributed by atoms with E-state index >= 15 is 0 Å². The fourth-order valence-corrected chi connectivity index (χ4v) is 1.70. The number of aliphatic carboxylic acids is 1. The van der Waals surface area contributed by atoms with E-state index in [9.17, 15) is 9.59 Å². The normalized spacial score (nSPS) is 11.5. The van der Waals surface area contributed by atoms with Crippen molar-refractivity contribution in [1.29, 1.82) is 0 Å². The molecule has 4 N–H and O–H groups in total. The number of amides is 2. The van der Waals surface area contributed by atoms with E-state index < -0.39 is 17.9 Å². The van der Waals surface area contributed by atoms with Crippen LogP contribution in [0.2, 0.25) is 0 Å². The summed E-state index contributed by atoms with van der Waals surface area (Å²) in [6, 6.07) is 6.51. The molecule has 7 heteroatoms. The van der Waals surface area contributed by atoms with Crippen molar-refractivity contribution in [2.45, 2.75) is 13.3 Å². The van der Waals surface area contributed by atoms with Gasteiger partial charge in [0.1, 0.15) is 5.75 Å². The van der Waals surface area contributed by atoms with E-state index in [4.69, 9.17) is 14.9 Å². The standard InChI is InChI=1S/C14H20N2O5/c1-2-21-12-6-4-3-5-11(12)16-14(20)15-8-10(9-17)7-13(18)19/h3-6,10,17H,2,7-9H2,1H3,(H,18,19)(H2,15,16,20). The number of hydrogen-bond donors (Lipinski definition) is 4. The molecule has 0 saturated carbocycles. The van der Waals surface area contributed by atoms with Crippen molar-refractivity contribution in [2.24, 2.45) is 5.92 Å². The van der Waals surface area contributed by atoms with Crippen molar-refractivity contribution in [2.75, 3.05) is 25.1 Å². The first-order valence-electron chi connectivity index (χ1n) is 6.66. The summed E-state index contributed by atoms with van der Waals surface area (Å²) in [4.78, 5) is 22.3. The highest BCUT2D eigenvalue weighted by atomic mass is 16.5. The highest BCUT2D eigenvalue weighted by molar-refractivity contribution is 5.90. The second kappa shape index (κ2) is 8.80. The molecule has 1 atom stereocenters. The van der Waals surface area contributed by atoms with Gasteiger partial charge in [-0.05, 0) is 19.1 Å². The van der Waals surface area contributed by atoms with E-state index in [1.165, 1.54) is 0 Å². The summed E-state index contributed by atoms with van der Waals surface area (Å²) in [5, 5.41) is 22.8. The number of carboxylic acid groups (broad SMARTS) is 1. The Labute approximate surface area is 122 Å². The molecule has 1 aromatic carbocycles. The van der Waals surface area contributed by atoms with Crippen molar-refractivity contribution in [1.82, 2.24) is 5.32 Å². The maximum Gasteiger partial charge on any atom is 0.319 e. The second-order valence-electron chi connectivity index (χ2n) is 4.41. The average molecular weight is 296 g/mol. The van der Waals surface area contributed by atoms with Gasteiger partial charge in [-0.2, -0.15) is 0 Å². The number of para-hydroxylation sites is 2. The van der Waals surface area contributed by atoms with Gasteiger partial charge < -0.3 is 25.6 Å². The van der Waals surface area contributed by atoms with Gasteiger partial charge in [0, 0.05) is 19.1 Å². The fraction of sp³-hybridized carbons (Fsp3) is 0.429. The van der Waals surface area contributed by atoms with Gasteiger partial charge in [-0.25, -0.2) is 4.79 Å². The van der Waals surface area contributed by atoms with Crippen molar-refractivity contribution in [3.8, 4) is 5.75 Å². The zero-order valence-corrected chi connectivity index (χ0v) is 11.8. The number of carbonyl (C=O) groups is 2. The zero-order valence-electron chi connectivity index (χ0n) is 11.8. The van der Waals surface area contributed by atoms with Gasteiger partial charge in [-0.1, -0.05) is 12.1 Å². The summed E-state index contributed by atoms with van der Waals surface area (Å²) in [6.45, 7) is 2.09. The van der Waals surface area contributed by atoms with Gasteiger partial charge in [0.2, 0.25) is 0 Å². The Morgan fingerprint density at radius 3 is 2.67 bits per heavy atom. The van der Waals surface area contributed by atoms with Gasteiger partial charge >= 0.3 is 12.0 Å². The second-order valence-corrected chi connectivity index (χ2v) is 4.41. The third-order valence-electron chi connectivity index (χ3n) is 2.71. The number of aliphatic hydroxyl groups excluding tert-OH is 1. The maximum atomic E-state index is 11.8. The molecule has 1 aromatic rings.